The number of ether oxygens (including phenoxy) is 2. The molecular formula is C51H39NO2. The standard InChI is InChI=1S/C51H39NO2/c1-53-37-26-22-34(23-27-37)51(33-20-24-36(25-21-33)52-45-16-8-5-10-38(45)39-11-6-9-17-46(39)52)29-28-43-48-47(40-12-2-3-13-41(40)49(43)54-51)42-14-4-7-15-44(42)50(48)31-32-18-19-35(50)30-32/h2-17,20-29,32,35H,18-19,30-31H2,1H3. The highest BCUT2D eigenvalue weighted by molar-refractivity contribution is 6.10. The minimum Gasteiger partial charge on any atom is -0.497 e. The highest BCUT2D eigenvalue weighted by Gasteiger charge is 2.58. The SMILES string of the molecule is COc1ccc(C2(c3ccc(-n4c5ccccc5c5ccccc54)cc3)C=Cc3c4c(c5ccccc5c3O2)-c2ccccc2C42CC3CCC2C3)cc1. The molecule has 4 aliphatic rings. The number of hydrogen-bond donors (Lipinski definition) is 0. The van der Waals surface area contributed by atoms with Crippen LogP contribution in [0, 0.1) is 11.8 Å². The van der Waals surface area contributed by atoms with Gasteiger partial charge in [0.2, 0.25) is 0 Å². The molecule has 1 spiro atoms. The van der Waals surface area contributed by atoms with Gasteiger partial charge in [-0.1, -0.05) is 122 Å². The van der Waals surface area contributed by atoms with Crippen molar-refractivity contribution in [3.8, 4) is 28.3 Å². The summed E-state index contributed by atoms with van der Waals surface area (Å²) < 4.78 is 15.7. The summed E-state index contributed by atoms with van der Waals surface area (Å²) in [7, 11) is 1.72. The van der Waals surface area contributed by atoms with Gasteiger partial charge >= 0.3 is 0 Å². The molecule has 3 heteroatoms. The number of aromatic nitrogens is 1. The lowest BCUT2D eigenvalue weighted by atomic mass is 9.65. The molecule has 12 rings (SSSR count). The van der Waals surface area contributed by atoms with E-state index in [1.807, 2.05) is 0 Å². The zero-order chi connectivity index (χ0) is 35.6. The van der Waals surface area contributed by atoms with Crippen LogP contribution in [0.1, 0.15) is 53.5 Å². The molecule has 2 bridgehead atoms. The first-order valence-electron chi connectivity index (χ1n) is 19.5. The molecule has 3 nitrogen and oxygen atoms in total. The predicted octanol–water partition coefficient (Wildman–Crippen LogP) is 12.4. The maximum absolute atomic E-state index is 7.72. The molecule has 7 aromatic carbocycles. The van der Waals surface area contributed by atoms with Crippen molar-refractivity contribution in [3.05, 3.63) is 179 Å². The van der Waals surface area contributed by atoms with Gasteiger partial charge < -0.3 is 14.0 Å². The maximum Gasteiger partial charge on any atom is 0.178 e. The molecule has 0 radical (unpaired) electrons. The minimum atomic E-state index is -0.858. The molecule has 2 heterocycles. The van der Waals surface area contributed by atoms with Crippen LogP contribution in [-0.4, -0.2) is 11.7 Å². The Morgan fingerprint density at radius 1 is 0.648 bits per heavy atom. The van der Waals surface area contributed by atoms with E-state index in [9.17, 15) is 0 Å². The smallest absolute Gasteiger partial charge is 0.178 e. The first-order valence-corrected chi connectivity index (χ1v) is 19.5. The summed E-state index contributed by atoms with van der Waals surface area (Å²) in [5.41, 5.74) is 12.0. The fourth-order valence-corrected chi connectivity index (χ4v) is 11.4. The van der Waals surface area contributed by atoms with Crippen LogP contribution in [0.4, 0.5) is 0 Å². The van der Waals surface area contributed by atoms with Crippen molar-refractivity contribution in [1.29, 1.82) is 0 Å². The lowest BCUT2D eigenvalue weighted by Gasteiger charge is -2.41. The van der Waals surface area contributed by atoms with E-state index in [0.29, 0.717) is 5.92 Å². The van der Waals surface area contributed by atoms with E-state index in [1.165, 1.54) is 86.1 Å². The minimum absolute atomic E-state index is 0.0285. The van der Waals surface area contributed by atoms with E-state index in [4.69, 9.17) is 9.47 Å². The molecule has 4 atom stereocenters. The summed E-state index contributed by atoms with van der Waals surface area (Å²) in [4.78, 5) is 0. The monoisotopic (exact) mass is 697 g/mol. The Bertz CT molecular complexity index is 2810. The second kappa shape index (κ2) is 11.0. The van der Waals surface area contributed by atoms with Crippen molar-refractivity contribution in [1.82, 2.24) is 4.57 Å². The molecule has 0 amide bonds. The summed E-state index contributed by atoms with van der Waals surface area (Å²) in [5, 5.41) is 4.98. The predicted molar refractivity (Wildman–Crippen MR) is 220 cm³/mol. The molecule has 8 aromatic rings. The summed E-state index contributed by atoms with van der Waals surface area (Å²) in [6.45, 7) is 0. The number of methoxy groups -OCH3 is 1. The molecule has 2 fully saturated rings. The number of rotatable bonds is 4. The summed E-state index contributed by atoms with van der Waals surface area (Å²) in [6, 6.07) is 53.1. The molecule has 1 aliphatic heterocycles. The third-order valence-corrected chi connectivity index (χ3v) is 13.6. The zero-order valence-corrected chi connectivity index (χ0v) is 30.3. The van der Waals surface area contributed by atoms with E-state index in [2.05, 4.69) is 162 Å². The average molecular weight is 698 g/mol. The fourth-order valence-electron chi connectivity index (χ4n) is 11.4. The molecule has 1 aromatic heterocycles. The Labute approximate surface area is 315 Å². The van der Waals surface area contributed by atoms with Crippen molar-refractivity contribution < 1.29 is 9.47 Å². The van der Waals surface area contributed by atoms with E-state index in [0.717, 1.165) is 34.2 Å². The number of nitrogens with zero attached hydrogens (tertiary/aromatic N) is 1. The molecular weight excluding hydrogens is 659 g/mol. The van der Waals surface area contributed by atoms with Crippen LogP contribution in [0.3, 0.4) is 0 Å². The third-order valence-electron chi connectivity index (χ3n) is 13.6. The van der Waals surface area contributed by atoms with Crippen molar-refractivity contribution in [2.24, 2.45) is 11.8 Å². The highest BCUT2D eigenvalue weighted by atomic mass is 16.5. The molecule has 54 heavy (non-hydrogen) atoms. The Balaban J connectivity index is 1.08. The zero-order valence-electron chi connectivity index (χ0n) is 30.3. The normalized spacial score (nSPS) is 23.2. The van der Waals surface area contributed by atoms with Gasteiger partial charge in [-0.15, -0.1) is 0 Å². The first-order chi connectivity index (χ1) is 26.7. The van der Waals surface area contributed by atoms with E-state index >= 15 is 0 Å². The molecule has 0 saturated heterocycles. The first kappa shape index (κ1) is 30.4. The van der Waals surface area contributed by atoms with Crippen molar-refractivity contribution >= 4 is 38.7 Å². The van der Waals surface area contributed by atoms with Gasteiger partial charge in [0.05, 0.1) is 18.1 Å². The fraction of sp³-hybridized carbons (Fsp3) is 0.176. The lowest BCUT2D eigenvalue weighted by molar-refractivity contribution is 0.163. The van der Waals surface area contributed by atoms with Crippen LogP contribution >= 0.6 is 0 Å². The lowest BCUT2D eigenvalue weighted by Crippen LogP contribution is -2.36. The number of hydrogen-bond acceptors (Lipinski definition) is 2. The van der Waals surface area contributed by atoms with E-state index in [1.54, 1.807) is 7.11 Å². The van der Waals surface area contributed by atoms with E-state index in [-0.39, 0.29) is 5.41 Å². The topological polar surface area (TPSA) is 23.4 Å². The van der Waals surface area contributed by atoms with E-state index < -0.39 is 5.60 Å². The number of para-hydroxylation sites is 2. The van der Waals surface area contributed by atoms with Gasteiger partial charge in [0.1, 0.15) is 11.5 Å². The Morgan fingerprint density at radius 2 is 1.28 bits per heavy atom. The Kier molecular flexibility index (Phi) is 6.19. The van der Waals surface area contributed by atoms with Gasteiger partial charge in [-0.2, -0.15) is 0 Å². The third kappa shape index (κ3) is 3.86. The highest BCUT2D eigenvalue weighted by Crippen LogP contribution is 2.68. The van der Waals surface area contributed by atoms with Gasteiger partial charge in [0, 0.05) is 44.0 Å². The molecule has 0 N–H and O–H groups in total. The Morgan fingerprint density at radius 3 is 1.94 bits per heavy atom. The van der Waals surface area contributed by atoms with Gasteiger partial charge in [-0.3, -0.25) is 0 Å². The van der Waals surface area contributed by atoms with Gasteiger partial charge in [0.15, 0.2) is 5.60 Å². The largest absolute Gasteiger partial charge is 0.497 e. The number of benzene rings is 7. The van der Waals surface area contributed by atoms with Crippen LogP contribution in [0.2, 0.25) is 0 Å². The van der Waals surface area contributed by atoms with Crippen LogP contribution in [0.25, 0.3) is 55.5 Å². The molecule has 3 aliphatic carbocycles. The number of fused-ring (bicyclic) bond motifs is 16. The van der Waals surface area contributed by atoms with Crippen molar-refractivity contribution in [3.63, 3.8) is 0 Å². The van der Waals surface area contributed by atoms with Crippen LogP contribution in [-0.2, 0) is 11.0 Å². The second-order valence-electron chi connectivity index (χ2n) is 16.0. The van der Waals surface area contributed by atoms with Crippen LogP contribution in [0.5, 0.6) is 11.5 Å². The molecule has 4 unspecified atom stereocenters. The average Bonchev–Trinajstić information content (AvgIpc) is 4.01. The van der Waals surface area contributed by atoms with Gasteiger partial charge in [0.25, 0.3) is 0 Å². The van der Waals surface area contributed by atoms with Gasteiger partial charge in [-0.25, -0.2) is 0 Å². The summed E-state index contributed by atoms with van der Waals surface area (Å²) in [6.07, 6.45) is 9.98. The van der Waals surface area contributed by atoms with Crippen molar-refractivity contribution in [2.45, 2.75) is 36.7 Å². The molecule has 2 saturated carbocycles. The van der Waals surface area contributed by atoms with Crippen LogP contribution < -0.4 is 9.47 Å². The second-order valence-corrected chi connectivity index (χ2v) is 16.0. The molecule has 260 valence electrons. The maximum atomic E-state index is 7.72. The van der Waals surface area contributed by atoms with Crippen LogP contribution in [0.15, 0.2) is 152 Å². The summed E-state index contributed by atoms with van der Waals surface area (Å²) in [5.74, 6) is 3.26. The summed E-state index contributed by atoms with van der Waals surface area (Å²) >= 11 is 0. The van der Waals surface area contributed by atoms with Crippen molar-refractivity contribution in [2.75, 3.05) is 7.11 Å². The quantitative estimate of drug-likeness (QED) is 0.183. The van der Waals surface area contributed by atoms with Gasteiger partial charge in [-0.05, 0) is 101 Å². The Hall–Kier alpha value is -6.06.